The third-order valence-corrected chi connectivity index (χ3v) is 3.95. The van der Waals surface area contributed by atoms with E-state index >= 15 is 0 Å². The van der Waals surface area contributed by atoms with Gasteiger partial charge in [0.15, 0.2) is 5.69 Å². The third-order valence-electron chi connectivity index (χ3n) is 3.56. The van der Waals surface area contributed by atoms with E-state index in [2.05, 4.69) is 11.7 Å². The molecule has 0 amide bonds. The third kappa shape index (κ3) is 4.68. The van der Waals surface area contributed by atoms with Gasteiger partial charge in [0, 0.05) is 24.4 Å². The van der Waals surface area contributed by atoms with E-state index in [1.165, 1.54) is 28.6 Å². The Kier molecular flexibility index (Phi) is 7.01. The van der Waals surface area contributed by atoms with Crippen LogP contribution in [-0.2, 0) is 11.3 Å². The monoisotopic (exact) mass is 385 g/mol. The molecule has 1 aromatic heterocycles. The summed E-state index contributed by atoms with van der Waals surface area (Å²) in [6.45, 7) is 3.80. The molecular formula is C19H19N3O4S. The molecule has 7 nitrogen and oxygen atoms in total. The Morgan fingerprint density at radius 2 is 2.07 bits per heavy atom. The summed E-state index contributed by atoms with van der Waals surface area (Å²) >= 11 is 5.29. The molecule has 0 aliphatic heterocycles. The lowest BCUT2D eigenvalue weighted by atomic mass is 10.2. The number of carbonyl (C=O) groups is 1. The second-order valence-electron chi connectivity index (χ2n) is 5.22. The zero-order chi connectivity index (χ0) is 19.8. The number of allylic oxidation sites excluding steroid dienone is 2. The van der Waals surface area contributed by atoms with E-state index in [1.807, 2.05) is 24.3 Å². The second kappa shape index (κ2) is 9.44. The molecule has 0 unspecified atom stereocenters. The van der Waals surface area contributed by atoms with Gasteiger partial charge in [-0.15, -0.1) is 6.58 Å². The van der Waals surface area contributed by atoms with Crippen molar-refractivity contribution in [3.63, 3.8) is 0 Å². The average molecular weight is 385 g/mol. The Balaban J connectivity index is 2.45. The summed E-state index contributed by atoms with van der Waals surface area (Å²) in [5.41, 5.74) is 0.367. The van der Waals surface area contributed by atoms with E-state index in [4.69, 9.17) is 21.7 Å². The van der Waals surface area contributed by atoms with E-state index in [0.29, 0.717) is 5.75 Å². The van der Waals surface area contributed by atoms with Gasteiger partial charge in [-0.25, -0.2) is 4.79 Å². The molecule has 0 bridgehead atoms. The first-order chi connectivity index (χ1) is 13.0. The molecule has 140 valence electrons. The molecule has 2 aromatic rings. The van der Waals surface area contributed by atoms with Crippen LogP contribution in [0.3, 0.4) is 0 Å². The van der Waals surface area contributed by atoms with Crippen LogP contribution in [0.2, 0.25) is 0 Å². The number of nitrogens with zero attached hydrogens (tertiary/aromatic N) is 3. The van der Waals surface area contributed by atoms with Crippen molar-refractivity contribution in [2.75, 3.05) is 14.2 Å². The van der Waals surface area contributed by atoms with Crippen molar-refractivity contribution in [3.8, 4) is 5.75 Å². The first-order valence-electron chi connectivity index (χ1n) is 7.93. The molecule has 0 aliphatic rings. The number of benzene rings is 1. The van der Waals surface area contributed by atoms with Crippen molar-refractivity contribution in [2.24, 2.45) is 5.10 Å². The summed E-state index contributed by atoms with van der Waals surface area (Å²) in [4.78, 5) is 24.1. The molecule has 0 radical (unpaired) electrons. The molecule has 0 aliphatic carbocycles. The van der Waals surface area contributed by atoms with E-state index in [-0.39, 0.29) is 17.0 Å². The number of rotatable bonds is 7. The predicted molar refractivity (Wildman–Crippen MR) is 107 cm³/mol. The van der Waals surface area contributed by atoms with Gasteiger partial charge >= 0.3 is 5.97 Å². The van der Waals surface area contributed by atoms with Crippen molar-refractivity contribution in [2.45, 2.75) is 6.54 Å². The number of ether oxygens (including phenoxy) is 2. The van der Waals surface area contributed by atoms with E-state index in [9.17, 15) is 9.59 Å². The topological polar surface area (TPSA) is 74.8 Å². The van der Waals surface area contributed by atoms with Crippen LogP contribution in [0.15, 0.2) is 59.0 Å². The lowest BCUT2D eigenvalue weighted by Crippen LogP contribution is -2.27. The van der Waals surface area contributed by atoms with Crippen LogP contribution < -0.4 is 10.3 Å². The summed E-state index contributed by atoms with van der Waals surface area (Å²) in [7, 11) is 2.81. The fraction of sp³-hybridized carbons (Fsp3) is 0.158. The average Bonchev–Trinajstić information content (AvgIpc) is 2.69. The zero-order valence-corrected chi connectivity index (χ0v) is 15.8. The molecule has 0 saturated carbocycles. The fourth-order valence-corrected chi connectivity index (χ4v) is 2.59. The van der Waals surface area contributed by atoms with Gasteiger partial charge in [0.1, 0.15) is 5.75 Å². The van der Waals surface area contributed by atoms with Gasteiger partial charge in [0.25, 0.3) is 5.56 Å². The number of para-hydroxylation sites is 1. The van der Waals surface area contributed by atoms with Crippen molar-refractivity contribution >= 4 is 30.5 Å². The maximum atomic E-state index is 12.2. The summed E-state index contributed by atoms with van der Waals surface area (Å²) in [5.74, 6) is 0.00311. The van der Waals surface area contributed by atoms with Crippen LogP contribution >= 0.6 is 12.2 Å². The number of hydrogen-bond acceptors (Lipinski definition) is 6. The fourth-order valence-electron chi connectivity index (χ4n) is 2.28. The first-order valence-corrected chi connectivity index (χ1v) is 8.34. The van der Waals surface area contributed by atoms with Gasteiger partial charge < -0.3 is 9.47 Å². The Labute approximate surface area is 161 Å². The Hall–Kier alpha value is -3.26. The highest BCUT2D eigenvalue weighted by Gasteiger charge is 2.15. The molecular weight excluding hydrogens is 366 g/mol. The highest BCUT2D eigenvalue weighted by atomic mass is 32.1. The predicted octanol–water partition coefficient (Wildman–Crippen LogP) is 2.91. The molecule has 1 heterocycles. The molecule has 8 heteroatoms. The van der Waals surface area contributed by atoms with Crippen molar-refractivity contribution in [1.82, 2.24) is 9.24 Å². The number of hydrogen-bond donors (Lipinski definition) is 0. The summed E-state index contributed by atoms with van der Waals surface area (Å²) in [6.07, 6.45) is 6.45. The number of carbonyl (C=O) groups excluding carboxylic acids is 1. The van der Waals surface area contributed by atoms with E-state index in [1.54, 1.807) is 19.3 Å². The first kappa shape index (κ1) is 20.1. The van der Waals surface area contributed by atoms with Gasteiger partial charge in [-0.05, 0) is 30.4 Å². The Morgan fingerprint density at radius 1 is 1.33 bits per heavy atom. The minimum absolute atomic E-state index is 0.0599. The second-order valence-corrected chi connectivity index (χ2v) is 5.58. The molecule has 0 spiro atoms. The van der Waals surface area contributed by atoms with Crippen molar-refractivity contribution < 1.29 is 14.3 Å². The van der Waals surface area contributed by atoms with Crippen LogP contribution in [0, 0.1) is 4.77 Å². The lowest BCUT2D eigenvalue weighted by molar-refractivity contribution is 0.0587. The molecule has 0 atom stereocenters. The summed E-state index contributed by atoms with van der Waals surface area (Å²) in [6, 6.07) is 8.61. The van der Waals surface area contributed by atoms with Gasteiger partial charge in [0.05, 0.1) is 14.2 Å². The van der Waals surface area contributed by atoms with Crippen molar-refractivity contribution in [3.05, 3.63) is 75.4 Å². The van der Waals surface area contributed by atoms with Crippen molar-refractivity contribution in [1.29, 1.82) is 0 Å². The highest BCUT2D eigenvalue weighted by molar-refractivity contribution is 7.71. The van der Waals surface area contributed by atoms with Gasteiger partial charge in [0.2, 0.25) is 4.77 Å². The number of esters is 1. The quantitative estimate of drug-likeness (QED) is 0.317. The zero-order valence-electron chi connectivity index (χ0n) is 15.0. The largest absolute Gasteiger partial charge is 0.496 e. The molecule has 0 N–H and O–H groups in total. The Morgan fingerprint density at radius 3 is 2.74 bits per heavy atom. The maximum Gasteiger partial charge on any atom is 0.357 e. The SMILES string of the molecule is C=CCn1c(=O)cc(C(=O)OC)n(/N=C/C=C/c2ccccc2OC)c1=S. The summed E-state index contributed by atoms with van der Waals surface area (Å²) < 4.78 is 12.5. The van der Waals surface area contributed by atoms with Crippen LogP contribution in [0.4, 0.5) is 0 Å². The normalized spacial score (nSPS) is 11.0. The van der Waals surface area contributed by atoms with Crippen LogP contribution in [-0.4, -0.2) is 35.6 Å². The molecule has 0 fully saturated rings. The van der Waals surface area contributed by atoms with Crippen LogP contribution in [0.1, 0.15) is 16.1 Å². The molecule has 2 rings (SSSR count). The smallest absolute Gasteiger partial charge is 0.357 e. The minimum Gasteiger partial charge on any atom is -0.496 e. The number of aromatic nitrogens is 2. The Bertz CT molecular complexity index is 1020. The van der Waals surface area contributed by atoms with Crippen LogP contribution in [0.25, 0.3) is 6.08 Å². The molecule has 0 saturated heterocycles. The minimum atomic E-state index is -0.713. The molecule has 27 heavy (non-hydrogen) atoms. The molecule has 1 aromatic carbocycles. The lowest BCUT2D eigenvalue weighted by Gasteiger charge is -2.10. The maximum absolute atomic E-state index is 12.2. The summed E-state index contributed by atoms with van der Waals surface area (Å²) in [5, 5.41) is 4.19. The standard InChI is InChI=1S/C19H19N3O4S/c1-4-12-21-17(23)13-15(18(24)26-3)22(19(21)27)20-11-7-9-14-8-5-6-10-16(14)25-2/h4-11,13H,1,12H2,2-3H3/b9-7+,20-11+. The van der Waals surface area contributed by atoms with Gasteiger partial charge in [-0.1, -0.05) is 24.3 Å². The number of methoxy groups -OCH3 is 2. The van der Waals surface area contributed by atoms with Gasteiger partial charge in [-0.3, -0.25) is 9.36 Å². The van der Waals surface area contributed by atoms with Gasteiger partial charge in [-0.2, -0.15) is 9.78 Å². The van der Waals surface area contributed by atoms with E-state index < -0.39 is 11.5 Å². The van der Waals surface area contributed by atoms with E-state index in [0.717, 1.165) is 11.6 Å². The van der Waals surface area contributed by atoms with Crippen LogP contribution in [0.5, 0.6) is 5.75 Å². The highest BCUT2D eigenvalue weighted by Crippen LogP contribution is 2.18.